The Labute approximate surface area is 132 Å². The number of nitrogen functional groups attached to an aromatic ring is 1. The Morgan fingerprint density at radius 1 is 1.43 bits per heavy atom. The van der Waals surface area contributed by atoms with E-state index in [1.54, 1.807) is 0 Å². The van der Waals surface area contributed by atoms with Crippen LogP contribution >= 0.6 is 15.9 Å². The summed E-state index contributed by atoms with van der Waals surface area (Å²) in [6.07, 6.45) is 2.30. The van der Waals surface area contributed by atoms with E-state index in [1.165, 1.54) is 0 Å². The third-order valence-corrected chi connectivity index (χ3v) is 5.98. The van der Waals surface area contributed by atoms with Crippen LogP contribution in [0.25, 0.3) is 0 Å². The summed E-state index contributed by atoms with van der Waals surface area (Å²) in [7, 11) is -3.74. The quantitative estimate of drug-likeness (QED) is 0.766. The average Bonchev–Trinajstić information content (AvgIpc) is 2.85. The van der Waals surface area contributed by atoms with Gasteiger partial charge in [0.05, 0.1) is 10.6 Å². The van der Waals surface area contributed by atoms with E-state index in [2.05, 4.69) is 25.6 Å². The molecule has 0 radical (unpaired) electrons. The number of benzene rings is 1. The molecule has 1 saturated heterocycles. The molecule has 2 rings (SSSR count). The van der Waals surface area contributed by atoms with Crippen molar-refractivity contribution in [1.29, 1.82) is 0 Å². The summed E-state index contributed by atoms with van der Waals surface area (Å²) in [4.78, 5) is 2.18. The topological polar surface area (TPSA) is 75.4 Å². The number of rotatable bonds is 5. The molecule has 1 aliphatic heterocycles. The standard InChI is InChI=1S/C13H19BrFN3O2S/c1-9(8-18-4-2-3-5-18)17-21(19,20)13-7-12(16)11(15)6-10(13)14/h6-7,9,17H,2-5,8,16H2,1H3. The lowest BCUT2D eigenvalue weighted by molar-refractivity contribution is 0.312. The first-order valence-corrected chi connectivity index (χ1v) is 9.06. The molecule has 1 atom stereocenters. The van der Waals surface area contributed by atoms with E-state index < -0.39 is 15.8 Å². The number of halogens is 2. The molecule has 0 bridgehead atoms. The van der Waals surface area contributed by atoms with Gasteiger partial charge in [-0.2, -0.15) is 0 Å². The van der Waals surface area contributed by atoms with E-state index in [4.69, 9.17) is 5.73 Å². The van der Waals surface area contributed by atoms with Crippen LogP contribution in [-0.4, -0.2) is 39.0 Å². The van der Waals surface area contributed by atoms with Gasteiger partial charge >= 0.3 is 0 Å². The van der Waals surface area contributed by atoms with Crippen LogP contribution in [-0.2, 0) is 10.0 Å². The monoisotopic (exact) mass is 379 g/mol. The maximum Gasteiger partial charge on any atom is 0.242 e. The third kappa shape index (κ3) is 4.15. The van der Waals surface area contributed by atoms with Crippen LogP contribution in [0.3, 0.4) is 0 Å². The van der Waals surface area contributed by atoms with Gasteiger partial charge in [0.1, 0.15) is 5.82 Å². The van der Waals surface area contributed by atoms with Crippen LogP contribution in [0.5, 0.6) is 0 Å². The minimum atomic E-state index is -3.74. The predicted molar refractivity (Wildman–Crippen MR) is 84.0 cm³/mol. The zero-order valence-corrected chi connectivity index (χ0v) is 14.2. The lowest BCUT2D eigenvalue weighted by Crippen LogP contribution is -2.41. The summed E-state index contributed by atoms with van der Waals surface area (Å²) in [5, 5.41) is 0. The number of nitrogens with one attached hydrogen (secondary N) is 1. The van der Waals surface area contributed by atoms with E-state index in [9.17, 15) is 12.8 Å². The fourth-order valence-corrected chi connectivity index (χ4v) is 4.75. The minimum Gasteiger partial charge on any atom is -0.396 e. The molecule has 118 valence electrons. The highest BCUT2D eigenvalue weighted by Gasteiger charge is 2.23. The average molecular weight is 380 g/mol. The van der Waals surface area contributed by atoms with Gasteiger partial charge in [-0.25, -0.2) is 17.5 Å². The van der Waals surface area contributed by atoms with Crippen molar-refractivity contribution >= 4 is 31.6 Å². The normalized spacial score (nSPS) is 18.0. The third-order valence-electron chi connectivity index (χ3n) is 3.43. The number of hydrogen-bond acceptors (Lipinski definition) is 4. The number of sulfonamides is 1. The molecule has 1 aromatic rings. The number of hydrogen-bond donors (Lipinski definition) is 2. The Balaban J connectivity index is 2.12. The summed E-state index contributed by atoms with van der Waals surface area (Å²) in [6, 6.07) is 1.96. The van der Waals surface area contributed by atoms with Gasteiger partial charge in [-0.05, 0) is 60.9 Å². The predicted octanol–water partition coefficient (Wildman–Crippen LogP) is 1.93. The zero-order chi connectivity index (χ0) is 15.6. The number of nitrogens with two attached hydrogens (primary N) is 1. The molecule has 3 N–H and O–H groups in total. The Bertz CT molecular complexity index is 618. The van der Waals surface area contributed by atoms with Crippen molar-refractivity contribution in [3.8, 4) is 0 Å². The van der Waals surface area contributed by atoms with Gasteiger partial charge in [0.25, 0.3) is 0 Å². The van der Waals surface area contributed by atoms with Crippen LogP contribution in [0.15, 0.2) is 21.5 Å². The molecule has 0 spiro atoms. The number of likely N-dealkylation sites (tertiary alicyclic amines) is 1. The maximum absolute atomic E-state index is 13.3. The lowest BCUT2D eigenvalue weighted by atomic mass is 10.3. The molecule has 0 aromatic heterocycles. The van der Waals surface area contributed by atoms with E-state index in [-0.39, 0.29) is 21.1 Å². The van der Waals surface area contributed by atoms with Gasteiger partial charge in [0, 0.05) is 17.1 Å². The lowest BCUT2D eigenvalue weighted by Gasteiger charge is -2.21. The van der Waals surface area contributed by atoms with Crippen LogP contribution in [0, 0.1) is 5.82 Å². The summed E-state index contributed by atoms with van der Waals surface area (Å²) in [5.41, 5.74) is 5.26. The van der Waals surface area contributed by atoms with E-state index in [0.717, 1.165) is 38.1 Å². The fraction of sp³-hybridized carbons (Fsp3) is 0.538. The smallest absolute Gasteiger partial charge is 0.242 e. The highest BCUT2D eigenvalue weighted by Crippen LogP contribution is 2.26. The largest absolute Gasteiger partial charge is 0.396 e. The molecule has 0 aliphatic carbocycles. The molecular weight excluding hydrogens is 361 g/mol. The van der Waals surface area contributed by atoms with E-state index >= 15 is 0 Å². The van der Waals surface area contributed by atoms with Gasteiger partial charge in [-0.1, -0.05) is 0 Å². The van der Waals surface area contributed by atoms with Gasteiger partial charge in [0.15, 0.2) is 0 Å². The molecule has 1 unspecified atom stereocenters. The maximum atomic E-state index is 13.3. The first-order chi connectivity index (χ1) is 9.79. The van der Waals surface area contributed by atoms with E-state index in [1.807, 2.05) is 6.92 Å². The molecule has 1 aromatic carbocycles. The van der Waals surface area contributed by atoms with Crippen LogP contribution in [0.2, 0.25) is 0 Å². The summed E-state index contributed by atoms with van der Waals surface area (Å²) >= 11 is 3.07. The molecule has 8 heteroatoms. The van der Waals surface area contributed by atoms with Crippen molar-refractivity contribution in [3.63, 3.8) is 0 Å². The Hall–Kier alpha value is -0.700. The van der Waals surface area contributed by atoms with Crippen molar-refractivity contribution in [1.82, 2.24) is 9.62 Å². The van der Waals surface area contributed by atoms with Crippen LogP contribution in [0.1, 0.15) is 19.8 Å². The molecule has 1 aliphatic rings. The molecule has 21 heavy (non-hydrogen) atoms. The van der Waals surface area contributed by atoms with Crippen molar-refractivity contribution < 1.29 is 12.8 Å². The van der Waals surface area contributed by atoms with Crippen molar-refractivity contribution in [2.45, 2.75) is 30.7 Å². The van der Waals surface area contributed by atoms with E-state index in [0.29, 0.717) is 6.54 Å². The highest BCUT2D eigenvalue weighted by atomic mass is 79.9. The Kier molecular flexibility index (Phi) is 5.24. The molecule has 0 amide bonds. The van der Waals surface area contributed by atoms with Crippen LogP contribution < -0.4 is 10.5 Å². The van der Waals surface area contributed by atoms with Gasteiger partial charge in [0.2, 0.25) is 10.0 Å². The number of nitrogens with zero attached hydrogens (tertiary/aromatic N) is 1. The molecule has 1 fully saturated rings. The zero-order valence-electron chi connectivity index (χ0n) is 11.8. The first kappa shape index (κ1) is 16.7. The Morgan fingerprint density at radius 3 is 2.67 bits per heavy atom. The molecular formula is C13H19BrFN3O2S. The first-order valence-electron chi connectivity index (χ1n) is 6.79. The SMILES string of the molecule is CC(CN1CCCC1)NS(=O)(=O)c1cc(N)c(F)cc1Br. The van der Waals surface area contributed by atoms with Crippen molar-refractivity contribution in [2.24, 2.45) is 0 Å². The van der Waals surface area contributed by atoms with Crippen LogP contribution in [0.4, 0.5) is 10.1 Å². The summed E-state index contributed by atoms with van der Waals surface area (Å²) in [5.74, 6) is -0.647. The second-order valence-electron chi connectivity index (χ2n) is 5.33. The van der Waals surface area contributed by atoms with Gasteiger partial charge in [-0.3, -0.25) is 0 Å². The molecule has 0 saturated carbocycles. The summed E-state index contributed by atoms with van der Waals surface area (Å²) in [6.45, 7) is 4.47. The van der Waals surface area contributed by atoms with Crippen molar-refractivity contribution in [2.75, 3.05) is 25.4 Å². The second kappa shape index (κ2) is 6.60. The van der Waals surface area contributed by atoms with Gasteiger partial charge in [-0.15, -0.1) is 0 Å². The Morgan fingerprint density at radius 2 is 2.05 bits per heavy atom. The fourth-order valence-electron chi connectivity index (χ4n) is 2.47. The molecule has 5 nitrogen and oxygen atoms in total. The number of anilines is 1. The minimum absolute atomic E-state index is 0.0466. The van der Waals surface area contributed by atoms with Gasteiger partial charge < -0.3 is 10.6 Å². The van der Waals surface area contributed by atoms with Crippen molar-refractivity contribution in [3.05, 3.63) is 22.4 Å². The highest BCUT2D eigenvalue weighted by molar-refractivity contribution is 9.10. The molecule has 1 heterocycles. The second-order valence-corrected chi connectivity index (χ2v) is 7.87. The summed E-state index contributed by atoms with van der Waals surface area (Å²) < 4.78 is 40.8.